The van der Waals surface area contributed by atoms with Crippen molar-refractivity contribution in [3.63, 3.8) is 0 Å². The fraction of sp³-hybridized carbons (Fsp3) is 0.133. The Bertz CT molecular complexity index is 545. The van der Waals surface area contributed by atoms with Crippen LogP contribution in [0, 0.1) is 0 Å². The van der Waals surface area contributed by atoms with Crippen molar-refractivity contribution in [3.05, 3.63) is 65.2 Å². The maximum atomic E-state index is 11.8. The van der Waals surface area contributed by atoms with E-state index in [1.54, 1.807) is 36.0 Å². The first kappa shape index (κ1) is 14.0. The van der Waals surface area contributed by atoms with Crippen molar-refractivity contribution in [2.45, 2.75) is 4.90 Å². The first-order chi connectivity index (χ1) is 9.25. The highest BCUT2D eigenvalue weighted by molar-refractivity contribution is 7.99. The van der Waals surface area contributed by atoms with E-state index >= 15 is 0 Å². The first-order valence-electron chi connectivity index (χ1n) is 5.97. The van der Waals surface area contributed by atoms with E-state index in [-0.39, 0.29) is 5.91 Å². The van der Waals surface area contributed by atoms with Crippen molar-refractivity contribution in [2.24, 2.45) is 0 Å². The summed E-state index contributed by atoms with van der Waals surface area (Å²) in [7, 11) is 0. The summed E-state index contributed by atoms with van der Waals surface area (Å²) in [4.78, 5) is 13.0. The van der Waals surface area contributed by atoms with Crippen LogP contribution in [0.1, 0.15) is 10.4 Å². The highest BCUT2D eigenvalue weighted by Crippen LogP contribution is 2.16. The molecule has 0 radical (unpaired) electrons. The van der Waals surface area contributed by atoms with Crippen LogP contribution in [0.15, 0.2) is 59.5 Å². The molecule has 4 heteroatoms. The molecule has 19 heavy (non-hydrogen) atoms. The minimum atomic E-state index is -0.0869. The number of hydrogen-bond acceptors (Lipinski definition) is 2. The minimum Gasteiger partial charge on any atom is -0.351 e. The Morgan fingerprint density at radius 1 is 1.11 bits per heavy atom. The van der Waals surface area contributed by atoms with Gasteiger partial charge in [0, 0.05) is 27.8 Å². The molecule has 1 N–H and O–H groups in total. The molecule has 0 heterocycles. The van der Waals surface area contributed by atoms with Crippen molar-refractivity contribution in [1.82, 2.24) is 5.32 Å². The Morgan fingerprint density at radius 2 is 1.89 bits per heavy atom. The lowest BCUT2D eigenvalue weighted by atomic mass is 10.2. The summed E-state index contributed by atoms with van der Waals surface area (Å²) in [5, 5.41) is 3.45. The van der Waals surface area contributed by atoms with E-state index < -0.39 is 0 Å². The molecular weight excluding hydrogens is 278 g/mol. The normalized spacial score (nSPS) is 10.2. The van der Waals surface area contributed by atoms with Gasteiger partial charge < -0.3 is 5.32 Å². The molecule has 0 atom stereocenters. The number of amides is 1. The largest absolute Gasteiger partial charge is 0.351 e. The molecule has 0 aliphatic heterocycles. The molecule has 2 aromatic carbocycles. The van der Waals surface area contributed by atoms with Crippen LogP contribution in [0.5, 0.6) is 0 Å². The van der Waals surface area contributed by atoms with Gasteiger partial charge in [0.15, 0.2) is 0 Å². The molecule has 98 valence electrons. The number of halogens is 1. The van der Waals surface area contributed by atoms with E-state index in [0.29, 0.717) is 17.1 Å². The van der Waals surface area contributed by atoms with Crippen molar-refractivity contribution in [3.8, 4) is 0 Å². The van der Waals surface area contributed by atoms with E-state index in [0.717, 1.165) is 5.75 Å². The third kappa shape index (κ3) is 4.62. The van der Waals surface area contributed by atoms with Crippen LogP contribution in [0.25, 0.3) is 0 Å². The first-order valence-corrected chi connectivity index (χ1v) is 7.34. The molecule has 2 rings (SSSR count). The molecule has 2 nitrogen and oxygen atoms in total. The summed E-state index contributed by atoms with van der Waals surface area (Å²) in [6, 6.07) is 17.1. The maximum Gasteiger partial charge on any atom is 0.251 e. The van der Waals surface area contributed by atoms with Gasteiger partial charge in [-0.3, -0.25) is 4.79 Å². The zero-order valence-corrected chi connectivity index (χ0v) is 11.9. The quantitative estimate of drug-likeness (QED) is 0.669. The van der Waals surface area contributed by atoms with Gasteiger partial charge in [-0.1, -0.05) is 35.9 Å². The molecule has 0 fully saturated rings. The summed E-state index contributed by atoms with van der Waals surface area (Å²) in [6.07, 6.45) is 0. The molecule has 1 amide bonds. The molecular formula is C15H14ClNOS. The second-order valence-corrected chi connectivity index (χ2v) is 5.53. The number of thioether (sulfide) groups is 1. The van der Waals surface area contributed by atoms with Gasteiger partial charge in [0.05, 0.1) is 0 Å². The summed E-state index contributed by atoms with van der Waals surface area (Å²) >= 11 is 7.57. The average molecular weight is 292 g/mol. The summed E-state index contributed by atoms with van der Waals surface area (Å²) in [5.41, 5.74) is 0.595. The average Bonchev–Trinajstić information content (AvgIpc) is 2.44. The molecule has 0 aromatic heterocycles. The molecule has 0 aliphatic carbocycles. The lowest BCUT2D eigenvalue weighted by molar-refractivity contribution is 0.0956. The van der Waals surface area contributed by atoms with Crippen molar-refractivity contribution in [1.29, 1.82) is 0 Å². The predicted octanol–water partition coefficient (Wildman–Crippen LogP) is 3.86. The molecule has 0 spiro atoms. The molecule has 0 bridgehead atoms. The SMILES string of the molecule is O=C(NCCSc1ccccc1)c1cccc(Cl)c1. The number of nitrogens with one attached hydrogen (secondary N) is 1. The van der Waals surface area contributed by atoms with Crippen LogP contribution in [0.4, 0.5) is 0 Å². The second-order valence-electron chi connectivity index (χ2n) is 3.93. The van der Waals surface area contributed by atoms with Gasteiger partial charge in [-0.2, -0.15) is 0 Å². The van der Waals surface area contributed by atoms with E-state index in [9.17, 15) is 4.79 Å². The number of benzene rings is 2. The highest BCUT2D eigenvalue weighted by Gasteiger charge is 2.04. The van der Waals surface area contributed by atoms with Crippen molar-refractivity contribution >= 4 is 29.3 Å². The van der Waals surface area contributed by atoms with E-state index in [2.05, 4.69) is 17.4 Å². The van der Waals surface area contributed by atoms with E-state index in [4.69, 9.17) is 11.6 Å². The number of rotatable bonds is 5. The van der Waals surface area contributed by atoms with Crippen LogP contribution < -0.4 is 5.32 Å². The lowest BCUT2D eigenvalue weighted by Crippen LogP contribution is -2.25. The topological polar surface area (TPSA) is 29.1 Å². The number of hydrogen-bond donors (Lipinski definition) is 1. The van der Waals surface area contributed by atoms with Crippen molar-refractivity contribution in [2.75, 3.05) is 12.3 Å². The van der Waals surface area contributed by atoms with Gasteiger partial charge in [0.2, 0.25) is 0 Å². The smallest absolute Gasteiger partial charge is 0.251 e. The standard InChI is InChI=1S/C15H14ClNOS/c16-13-6-4-5-12(11-13)15(18)17-9-10-19-14-7-2-1-3-8-14/h1-8,11H,9-10H2,(H,17,18). The fourth-order valence-electron chi connectivity index (χ4n) is 1.58. The summed E-state index contributed by atoms with van der Waals surface area (Å²) in [5.74, 6) is 0.757. The Balaban J connectivity index is 1.75. The fourth-order valence-corrected chi connectivity index (χ4v) is 2.56. The molecule has 0 saturated heterocycles. The third-order valence-corrected chi connectivity index (χ3v) is 3.74. The highest BCUT2D eigenvalue weighted by atomic mass is 35.5. The third-order valence-electron chi connectivity index (χ3n) is 2.49. The van der Waals surface area contributed by atoms with Gasteiger partial charge in [-0.15, -0.1) is 11.8 Å². The van der Waals surface area contributed by atoms with Gasteiger partial charge >= 0.3 is 0 Å². The number of carbonyl (C=O) groups is 1. The summed E-state index contributed by atoms with van der Waals surface area (Å²) in [6.45, 7) is 0.630. The van der Waals surface area contributed by atoms with E-state index in [1.807, 2.05) is 18.2 Å². The Kier molecular flexibility index (Phi) is 5.31. The van der Waals surface area contributed by atoms with Gasteiger partial charge in [0.1, 0.15) is 0 Å². The van der Waals surface area contributed by atoms with Gasteiger partial charge in [-0.25, -0.2) is 0 Å². The van der Waals surface area contributed by atoms with Crippen LogP contribution in [-0.4, -0.2) is 18.2 Å². The number of carbonyl (C=O) groups excluding carboxylic acids is 1. The molecule has 2 aromatic rings. The monoisotopic (exact) mass is 291 g/mol. The van der Waals surface area contributed by atoms with Crippen LogP contribution in [0.3, 0.4) is 0 Å². The molecule has 0 unspecified atom stereocenters. The van der Waals surface area contributed by atoms with Gasteiger partial charge in [0.25, 0.3) is 5.91 Å². The van der Waals surface area contributed by atoms with Crippen molar-refractivity contribution < 1.29 is 4.79 Å². The Morgan fingerprint density at radius 3 is 2.63 bits per heavy atom. The zero-order valence-electron chi connectivity index (χ0n) is 10.3. The summed E-state index contributed by atoms with van der Waals surface area (Å²) < 4.78 is 0. The zero-order chi connectivity index (χ0) is 13.5. The second kappa shape index (κ2) is 7.22. The Hall–Kier alpha value is -1.45. The van der Waals surface area contributed by atoms with Crippen LogP contribution in [0.2, 0.25) is 5.02 Å². The maximum absolute atomic E-state index is 11.8. The lowest BCUT2D eigenvalue weighted by Gasteiger charge is -2.05. The minimum absolute atomic E-state index is 0.0869. The van der Waals surface area contributed by atoms with Crippen LogP contribution in [-0.2, 0) is 0 Å². The molecule has 0 aliphatic rings. The Labute approximate surface area is 122 Å². The molecule has 0 saturated carbocycles. The van der Waals surface area contributed by atoms with Crippen LogP contribution >= 0.6 is 23.4 Å². The van der Waals surface area contributed by atoms with E-state index in [1.165, 1.54) is 4.90 Å². The van der Waals surface area contributed by atoms with Gasteiger partial charge in [-0.05, 0) is 30.3 Å². The predicted molar refractivity (Wildman–Crippen MR) is 81.0 cm³/mol.